The van der Waals surface area contributed by atoms with Crippen LogP contribution in [0.2, 0.25) is 0 Å². The molecule has 0 saturated heterocycles. The van der Waals surface area contributed by atoms with Gasteiger partial charge in [-0.05, 0) is 25.8 Å². The van der Waals surface area contributed by atoms with E-state index in [9.17, 15) is 5.11 Å². The topological polar surface area (TPSA) is 47.3 Å². The molecular formula is C11H20N2O2. The zero-order valence-corrected chi connectivity index (χ0v) is 9.52. The number of aryl methyl sites for hydroxylation is 1. The molecule has 1 rings (SSSR count). The minimum atomic E-state index is -0.328. The summed E-state index contributed by atoms with van der Waals surface area (Å²) in [6.45, 7) is 6.20. The Morgan fingerprint density at radius 3 is 2.93 bits per heavy atom. The van der Waals surface area contributed by atoms with Gasteiger partial charge in [-0.15, -0.1) is 0 Å². The van der Waals surface area contributed by atoms with Crippen LogP contribution in [0.3, 0.4) is 0 Å². The van der Waals surface area contributed by atoms with Crippen LogP contribution in [0.15, 0.2) is 12.4 Å². The smallest absolute Gasteiger partial charge is 0.0603 e. The molecule has 0 aliphatic carbocycles. The van der Waals surface area contributed by atoms with E-state index in [0.29, 0.717) is 26.1 Å². The lowest BCUT2D eigenvalue weighted by molar-refractivity contribution is 0.0887. The van der Waals surface area contributed by atoms with Crippen LogP contribution in [0.1, 0.15) is 25.8 Å². The van der Waals surface area contributed by atoms with E-state index in [4.69, 9.17) is 4.74 Å². The van der Waals surface area contributed by atoms with Crippen molar-refractivity contribution in [3.63, 3.8) is 0 Å². The summed E-state index contributed by atoms with van der Waals surface area (Å²) in [6.07, 6.45) is 4.81. The van der Waals surface area contributed by atoms with Gasteiger partial charge in [-0.2, -0.15) is 5.10 Å². The minimum absolute atomic E-state index is 0.328. The molecule has 0 aliphatic rings. The van der Waals surface area contributed by atoms with Crippen molar-refractivity contribution in [1.29, 1.82) is 0 Å². The second kappa shape index (κ2) is 6.58. The third kappa shape index (κ3) is 4.44. The van der Waals surface area contributed by atoms with Crippen LogP contribution in [0.5, 0.6) is 0 Å². The highest BCUT2D eigenvalue weighted by Crippen LogP contribution is 2.05. The van der Waals surface area contributed by atoms with Crippen LogP contribution < -0.4 is 0 Å². The Labute approximate surface area is 90.9 Å². The van der Waals surface area contributed by atoms with Gasteiger partial charge in [0.25, 0.3) is 0 Å². The Kier molecular flexibility index (Phi) is 5.36. The summed E-state index contributed by atoms with van der Waals surface area (Å²) in [7, 11) is 0. The van der Waals surface area contributed by atoms with Crippen molar-refractivity contribution < 1.29 is 9.84 Å². The Balaban J connectivity index is 2.27. The van der Waals surface area contributed by atoms with E-state index in [2.05, 4.69) is 5.10 Å². The fourth-order valence-corrected chi connectivity index (χ4v) is 1.42. The van der Waals surface area contributed by atoms with E-state index in [1.807, 2.05) is 30.9 Å². The van der Waals surface area contributed by atoms with Gasteiger partial charge in [-0.25, -0.2) is 0 Å². The molecule has 1 heterocycles. The Morgan fingerprint density at radius 2 is 2.33 bits per heavy atom. The molecule has 1 aromatic heterocycles. The van der Waals surface area contributed by atoms with Crippen LogP contribution >= 0.6 is 0 Å². The van der Waals surface area contributed by atoms with Crippen LogP contribution in [0, 0.1) is 0 Å². The zero-order valence-electron chi connectivity index (χ0n) is 9.52. The highest BCUT2D eigenvalue weighted by atomic mass is 16.5. The van der Waals surface area contributed by atoms with E-state index < -0.39 is 0 Å². The molecule has 86 valence electrons. The molecule has 0 saturated carbocycles. The van der Waals surface area contributed by atoms with Crippen molar-refractivity contribution in [3.05, 3.63) is 18.0 Å². The van der Waals surface area contributed by atoms with E-state index in [-0.39, 0.29) is 6.10 Å². The Bertz CT molecular complexity index is 273. The van der Waals surface area contributed by atoms with Gasteiger partial charge in [0.1, 0.15) is 0 Å². The maximum Gasteiger partial charge on any atom is 0.0603 e. The lowest BCUT2D eigenvalue weighted by Gasteiger charge is -2.08. The molecule has 1 aromatic rings. The van der Waals surface area contributed by atoms with E-state index in [1.165, 1.54) is 0 Å². The van der Waals surface area contributed by atoms with Crippen molar-refractivity contribution in [2.24, 2.45) is 0 Å². The maximum atomic E-state index is 9.69. The van der Waals surface area contributed by atoms with Gasteiger partial charge in [0, 0.05) is 32.4 Å². The molecule has 4 heteroatoms. The highest BCUT2D eigenvalue weighted by Gasteiger charge is 2.06. The quantitative estimate of drug-likeness (QED) is 0.692. The van der Waals surface area contributed by atoms with Gasteiger partial charge in [0.15, 0.2) is 0 Å². The Morgan fingerprint density at radius 1 is 1.53 bits per heavy atom. The number of aliphatic hydroxyl groups is 1. The molecule has 0 amide bonds. The van der Waals surface area contributed by atoms with Crippen molar-refractivity contribution in [3.8, 4) is 0 Å². The van der Waals surface area contributed by atoms with Gasteiger partial charge in [0.2, 0.25) is 0 Å². The van der Waals surface area contributed by atoms with E-state index in [1.54, 1.807) is 0 Å². The van der Waals surface area contributed by atoms with Gasteiger partial charge in [0.05, 0.1) is 12.3 Å². The number of hydrogen-bond donors (Lipinski definition) is 1. The predicted octanol–water partition coefficient (Wildman–Crippen LogP) is 1.23. The second-order valence-electron chi connectivity index (χ2n) is 3.55. The molecule has 0 fully saturated rings. The molecule has 4 nitrogen and oxygen atoms in total. The summed E-state index contributed by atoms with van der Waals surface area (Å²) < 4.78 is 7.05. The van der Waals surface area contributed by atoms with Crippen LogP contribution in [0.25, 0.3) is 0 Å². The van der Waals surface area contributed by atoms with Gasteiger partial charge < -0.3 is 9.84 Å². The molecule has 0 aliphatic heterocycles. The maximum absolute atomic E-state index is 9.69. The lowest BCUT2D eigenvalue weighted by atomic mass is 10.1. The average Bonchev–Trinajstić information content (AvgIpc) is 2.66. The summed E-state index contributed by atoms with van der Waals surface area (Å²) >= 11 is 0. The van der Waals surface area contributed by atoms with Crippen molar-refractivity contribution >= 4 is 0 Å². The molecule has 1 N–H and O–H groups in total. The predicted molar refractivity (Wildman–Crippen MR) is 58.7 cm³/mol. The van der Waals surface area contributed by atoms with Gasteiger partial charge in [-0.1, -0.05) is 0 Å². The monoisotopic (exact) mass is 212 g/mol. The van der Waals surface area contributed by atoms with Crippen molar-refractivity contribution in [1.82, 2.24) is 9.78 Å². The first-order valence-corrected chi connectivity index (χ1v) is 5.53. The lowest BCUT2D eigenvalue weighted by Crippen LogP contribution is -2.13. The first-order chi connectivity index (χ1) is 7.26. The largest absolute Gasteiger partial charge is 0.393 e. The van der Waals surface area contributed by atoms with Crippen LogP contribution in [-0.2, 0) is 17.7 Å². The number of rotatable bonds is 7. The van der Waals surface area contributed by atoms with Crippen LogP contribution in [0.4, 0.5) is 0 Å². The van der Waals surface area contributed by atoms with Gasteiger partial charge >= 0.3 is 0 Å². The molecule has 0 radical (unpaired) electrons. The number of aromatic nitrogens is 2. The first kappa shape index (κ1) is 12.2. The first-order valence-electron chi connectivity index (χ1n) is 5.53. The van der Waals surface area contributed by atoms with Crippen molar-refractivity contribution in [2.45, 2.75) is 39.3 Å². The summed E-state index contributed by atoms with van der Waals surface area (Å²) in [4.78, 5) is 0. The van der Waals surface area contributed by atoms with E-state index >= 15 is 0 Å². The summed E-state index contributed by atoms with van der Waals surface area (Å²) in [5.41, 5.74) is 1.08. The summed E-state index contributed by atoms with van der Waals surface area (Å²) in [6, 6.07) is 0. The average molecular weight is 212 g/mol. The number of nitrogens with zero attached hydrogens (tertiary/aromatic N) is 2. The molecule has 0 aromatic carbocycles. The second-order valence-corrected chi connectivity index (χ2v) is 3.55. The molecule has 15 heavy (non-hydrogen) atoms. The molecule has 0 bridgehead atoms. The van der Waals surface area contributed by atoms with Gasteiger partial charge in [-0.3, -0.25) is 4.68 Å². The summed E-state index contributed by atoms with van der Waals surface area (Å²) in [5, 5.41) is 13.9. The highest BCUT2D eigenvalue weighted by molar-refractivity contribution is 5.05. The summed E-state index contributed by atoms with van der Waals surface area (Å²) in [5.74, 6) is 0. The van der Waals surface area contributed by atoms with E-state index in [0.717, 1.165) is 12.1 Å². The molecule has 1 unspecified atom stereocenters. The molecular weight excluding hydrogens is 192 g/mol. The molecule has 1 atom stereocenters. The third-order valence-corrected chi connectivity index (χ3v) is 2.28. The third-order valence-electron chi connectivity index (χ3n) is 2.28. The Hall–Kier alpha value is -0.870. The van der Waals surface area contributed by atoms with Crippen molar-refractivity contribution in [2.75, 3.05) is 13.2 Å². The van der Waals surface area contributed by atoms with Crippen LogP contribution in [-0.4, -0.2) is 34.2 Å². The zero-order chi connectivity index (χ0) is 11.1. The standard InChI is InChI=1S/C11H20N2O2/c1-3-13-9-10(8-12-13)7-11(14)5-6-15-4-2/h8-9,11,14H,3-7H2,1-2H3. The SMILES string of the molecule is CCOCCC(O)Cc1cnn(CC)c1. The minimum Gasteiger partial charge on any atom is -0.393 e. The number of ether oxygens (including phenoxy) is 1. The number of aliphatic hydroxyl groups excluding tert-OH is 1. The fourth-order valence-electron chi connectivity index (χ4n) is 1.42. The fraction of sp³-hybridized carbons (Fsp3) is 0.727. The molecule has 0 spiro atoms. The number of hydrogen-bond acceptors (Lipinski definition) is 3. The normalized spacial score (nSPS) is 13.0.